The van der Waals surface area contributed by atoms with Gasteiger partial charge in [0.1, 0.15) is 6.29 Å². The number of aromatic nitrogens is 1. The average molecular weight is 227 g/mol. The Morgan fingerprint density at radius 2 is 2.00 bits per heavy atom. The zero-order chi connectivity index (χ0) is 11.7. The summed E-state index contributed by atoms with van der Waals surface area (Å²) in [7, 11) is 0. The predicted octanol–water partition coefficient (Wildman–Crippen LogP) is 4.03. The van der Waals surface area contributed by atoms with Crippen LogP contribution in [0.2, 0.25) is 0 Å². The van der Waals surface area contributed by atoms with Crippen LogP contribution in [0, 0.1) is 0 Å². The highest BCUT2D eigenvalue weighted by molar-refractivity contribution is 5.89. The minimum Gasteiger partial charge on any atom is -0.361 e. The maximum Gasteiger partial charge on any atom is 0.150 e. The van der Waals surface area contributed by atoms with Gasteiger partial charge in [0.2, 0.25) is 0 Å². The number of nitrogens with one attached hydrogen (secondary N) is 1. The lowest BCUT2D eigenvalue weighted by molar-refractivity contribution is 0.112. The summed E-state index contributed by atoms with van der Waals surface area (Å²) in [6, 6.07) is 5.93. The summed E-state index contributed by atoms with van der Waals surface area (Å²) in [5.74, 6) is 0.708. The Kier molecular flexibility index (Phi) is 2.71. The van der Waals surface area contributed by atoms with Crippen molar-refractivity contribution in [1.29, 1.82) is 0 Å². The van der Waals surface area contributed by atoms with E-state index >= 15 is 0 Å². The smallest absolute Gasteiger partial charge is 0.150 e. The van der Waals surface area contributed by atoms with E-state index in [0.717, 1.165) is 17.4 Å². The quantitative estimate of drug-likeness (QED) is 0.772. The van der Waals surface area contributed by atoms with E-state index in [4.69, 9.17) is 0 Å². The summed E-state index contributed by atoms with van der Waals surface area (Å²) in [5.41, 5.74) is 3.28. The number of benzene rings is 1. The van der Waals surface area contributed by atoms with Gasteiger partial charge in [-0.2, -0.15) is 0 Å². The molecule has 1 aliphatic carbocycles. The monoisotopic (exact) mass is 227 g/mol. The Hall–Kier alpha value is -1.57. The van der Waals surface area contributed by atoms with E-state index in [1.54, 1.807) is 0 Å². The summed E-state index contributed by atoms with van der Waals surface area (Å²) >= 11 is 0. The van der Waals surface area contributed by atoms with E-state index in [1.807, 2.05) is 12.1 Å². The molecule has 1 heterocycles. The molecule has 1 N–H and O–H groups in total. The molecule has 88 valence electrons. The van der Waals surface area contributed by atoms with Gasteiger partial charge in [0.25, 0.3) is 0 Å². The van der Waals surface area contributed by atoms with Crippen molar-refractivity contribution in [1.82, 2.24) is 4.98 Å². The van der Waals surface area contributed by atoms with Crippen LogP contribution in [0.3, 0.4) is 0 Å². The summed E-state index contributed by atoms with van der Waals surface area (Å²) in [4.78, 5) is 14.0. The van der Waals surface area contributed by atoms with E-state index < -0.39 is 0 Å². The minimum atomic E-state index is 0.708. The molecule has 0 unspecified atom stereocenters. The molecule has 0 spiro atoms. The Morgan fingerprint density at radius 3 is 2.76 bits per heavy atom. The van der Waals surface area contributed by atoms with Crippen LogP contribution in [0.15, 0.2) is 24.4 Å². The number of fused-ring (bicyclic) bond motifs is 1. The van der Waals surface area contributed by atoms with Crippen LogP contribution < -0.4 is 0 Å². The van der Waals surface area contributed by atoms with Crippen molar-refractivity contribution < 1.29 is 4.79 Å². The van der Waals surface area contributed by atoms with Gasteiger partial charge >= 0.3 is 0 Å². The highest BCUT2D eigenvalue weighted by Gasteiger charge is 2.18. The Morgan fingerprint density at radius 1 is 1.18 bits per heavy atom. The van der Waals surface area contributed by atoms with E-state index in [0.29, 0.717) is 5.92 Å². The Labute approximate surface area is 101 Å². The molecule has 2 heteroatoms. The maximum atomic E-state index is 10.7. The highest BCUT2D eigenvalue weighted by Crippen LogP contribution is 2.36. The van der Waals surface area contributed by atoms with Gasteiger partial charge in [-0.15, -0.1) is 0 Å². The third kappa shape index (κ3) is 1.88. The molecule has 0 radical (unpaired) electrons. The van der Waals surface area contributed by atoms with Gasteiger partial charge in [0.15, 0.2) is 0 Å². The van der Waals surface area contributed by atoms with Gasteiger partial charge < -0.3 is 4.98 Å². The highest BCUT2D eigenvalue weighted by atomic mass is 16.1. The van der Waals surface area contributed by atoms with Gasteiger partial charge in [-0.3, -0.25) is 4.79 Å². The number of hydrogen-bond donors (Lipinski definition) is 1. The second kappa shape index (κ2) is 4.36. The Bertz CT molecular complexity index is 535. The molecular formula is C15H17NO. The third-order valence-electron chi connectivity index (χ3n) is 3.92. The number of rotatable bonds is 2. The molecule has 1 aromatic carbocycles. The van der Waals surface area contributed by atoms with Gasteiger partial charge in [0.05, 0.1) is 0 Å². The molecule has 3 rings (SSSR count). The zero-order valence-corrected chi connectivity index (χ0v) is 9.91. The number of H-pyrrole nitrogens is 1. The largest absolute Gasteiger partial charge is 0.361 e. The molecule has 0 saturated heterocycles. The van der Waals surface area contributed by atoms with Crippen molar-refractivity contribution >= 4 is 17.2 Å². The van der Waals surface area contributed by atoms with Crippen molar-refractivity contribution in [3.63, 3.8) is 0 Å². The normalized spacial score (nSPS) is 17.4. The predicted molar refractivity (Wildman–Crippen MR) is 69.5 cm³/mol. The number of hydrogen-bond acceptors (Lipinski definition) is 1. The molecule has 2 aromatic rings. The fourth-order valence-corrected chi connectivity index (χ4v) is 2.99. The standard InChI is InChI=1S/C15H17NO/c17-10-11-6-7-13-14(9-16-15(13)8-11)12-4-2-1-3-5-12/h6-10,12,16H,1-5H2. The first-order valence-corrected chi connectivity index (χ1v) is 6.44. The number of aromatic amines is 1. The molecule has 0 aliphatic heterocycles. The maximum absolute atomic E-state index is 10.7. The van der Waals surface area contributed by atoms with Gasteiger partial charge in [-0.25, -0.2) is 0 Å². The van der Waals surface area contributed by atoms with Crippen LogP contribution in [-0.2, 0) is 0 Å². The molecule has 0 atom stereocenters. The zero-order valence-electron chi connectivity index (χ0n) is 9.91. The second-order valence-electron chi connectivity index (χ2n) is 5.00. The van der Waals surface area contributed by atoms with Crippen LogP contribution in [0.5, 0.6) is 0 Å². The van der Waals surface area contributed by atoms with E-state index in [2.05, 4.69) is 17.2 Å². The lowest BCUT2D eigenvalue weighted by Crippen LogP contribution is -2.03. The molecule has 1 aliphatic rings. The van der Waals surface area contributed by atoms with E-state index in [-0.39, 0.29) is 0 Å². The first-order chi connectivity index (χ1) is 8.38. The first kappa shape index (κ1) is 10.6. The molecular weight excluding hydrogens is 210 g/mol. The van der Waals surface area contributed by atoms with Crippen LogP contribution in [0.4, 0.5) is 0 Å². The van der Waals surface area contributed by atoms with Crippen molar-refractivity contribution in [2.45, 2.75) is 38.0 Å². The molecule has 2 nitrogen and oxygen atoms in total. The van der Waals surface area contributed by atoms with Crippen molar-refractivity contribution in [2.24, 2.45) is 0 Å². The molecule has 0 amide bonds. The fourth-order valence-electron chi connectivity index (χ4n) is 2.99. The summed E-state index contributed by atoms with van der Waals surface area (Å²) in [5, 5.41) is 1.29. The Balaban J connectivity index is 2.02. The lowest BCUT2D eigenvalue weighted by atomic mass is 9.84. The summed E-state index contributed by atoms with van der Waals surface area (Å²) < 4.78 is 0. The second-order valence-corrected chi connectivity index (χ2v) is 5.00. The molecule has 1 fully saturated rings. The third-order valence-corrected chi connectivity index (χ3v) is 3.92. The van der Waals surface area contributed by atoms with Crippen molar-refractivity contribution in [3.05, 3.63) is 35.5 Å². The van der Waals surface area contributed by atoms with Gasteiger partial charge in [-0.1, -0.05) is 31.4 Å². The molecule has 0 bridgehead atoms. The fraction of sp³-hybridized carbons (Fsp3) is 0.400. The van der Waals surface area contributed by atoms with Crippen LogP contribution in [0.25, 0.3) is 10.9 Å². The summed E-state index contributed by atoms with van der Waals surface area (Å²) in [6.07, 6.45) is 9.74. The van der Waals surface area contributed by atoms with Crippen LogP contribution in [-0.4, -0.2) is 11.3 Å². The van der Waals surface area contributed by atoms with Crippen LogP contribution in [0.1, 0.15) is 53.9 Å². The number of carbonyl (C=O) groups is 1. The molecule has 1 saturated carbocycles. The SMILES string of the molecule is O=Cc1ccc2c(C3CCCCC3)c[nH]c2c1. The number of aldehydes is 1. The minimum absolute atomic E-state index is 0.708. The van der Waals surface area contributed by atoms with Gasteiger partial charge in [-0.05, 0) is 30.4 Å². The number of carbonyl (C=O) groups excluding carboxylic acids is 1. The summed E-state index contributed by atoms with van der Waals surface area (Å²) in [6.45, 7) is 0. The lowest BCUT2D eigenvalue weighted by Gasteiger charge is -2.21. The van der Waals surface area contributed by atoms with Crippen molar-refractivity contribution in [2.75, 3.05) is 0 Å². The van der Waals surface area contributed by atoms with Crippen molar-refractivity contribution in [3.8, 4) is 0 Å². The van der Waals surface area contributed by atoms with E-state index in [9.17, 15) is 4.79 Å². The molecule has 17 heavy (non-hydrogen) atoms. The topological polar surface area (TPSA) is 32.9 Å². The molecule has 1 aromatic heterocycles. The van der Waals surface area contributed by atoms with E-state index in [1.165, 1.54) is 43.1 Å². The van der Waals surface area contributed by atoms with Crippen LogP contribution >= 0.6 is 0 Å². The average Bonchev–Trinajstić information content (AvgIpc) is 2.82. The first-order valence-electron chi connectivity index (χ1n) is 6.44. The van der Waals surface area contributed by atoms with Gasteiger partial charge in [0, 0.05) is 22.7 Å².